The van der Waals surface area contributed by atoms with Gasteiger partial charge in [-0.2, -0.15) is 0 Å². The van der Waals surface area contributed by atoms with Crippen LogP contribution in [-0.4, -0.2) is 30.6 Å². The van der Waals surface area contributed by atoms with E-state index in [2.05, 4.69) is 0 Å². The van der Waals surface area contributed by atoms with Gasteiger partial charge in [0, 0.05) is 21.3 Å². The van der Waals surface area contributed by atoms with Crippen LogP contribution in [0.25, 0.3) is 0 Å². The minimum Gasteiger partial charge on any atom is -0.272 e. The lowest BCUT2D eigenvalue weighted by atomic mass is 9.96. The van der Waals surface area contributed by atoms with Gasteiger partial charge in [0.2, 0.25) is 0 Å². The van der Waals surface area contributed by atoms with E-state index in [-0.39, 0.29) is 5.91 Å². The summed E-state index contributed by atoms with van der Waals surface area (Å²) in [4.78, 5) is 11.6. The van der Waals surface area contributed by atoms with Crippen molar-refractivity contribution in [3.05, 3.63) is 0 Å². The molecule has 96 valence electrons. The lowest BCUT2D eigenvalue weighted by molar-refractivity contribution is -0.125. The van der Waals surface area contributed by atoms with Crippen molar-refractivity contribution in [2.24, 2.45) is 0 Å². The van der Waals surface area contributed by atoms with Gasteiger partial charge in [-0.3, -0.25) is 9.10 Å². The molecule has 17 heavy (non-hydrogen) atoms. The van der Waals surface area contributed by atoms with Crippen molar-refractivity contribution in [2.45, 2.75) is 43.3 Å². The minimum absolute atomic E-state index is 0.129. The highest BCUT2D eigenvalue weighted by atomic mass is 32.4. The predicted molar refractivity (Wildman–Crippen MR) is 80.1 cm³/mol. The lowest BCUT2D eigenvalue weighted by Crippen LogP contribution is -2.46. The Hall–Kier alpha value is 0.660. The van der Waals surface area contributed by atoms with Gasteiger partial charge >= 0.3 is 0 Å². The maximum Gasteiger partial charge on any atom is 0.260 e. The summed E-state index contributed by atoms with van der Waals surface area (Å²) in [6, 6.07) is 0. The molecule has 0 aromatic carbocycles. The largest absolute Gasteiger partial charge is 0.272 e. The topological polar surface area (TPSA) is 37.4 Å². The zero-order chi connectivity index (χ0) is 13.3. The SMILES string of the molecule is CCN1C(=O)C(P=S)(P=S)C(CC)(CC)S1=O. The highest BCUT2D eigenvalue weighted by Gasteiger charge is 2.66. The van der Waals surface area contributed by atoms with Crippen LogP contribution < -0.4 is 0 Å². The number of nitrogens with zero attached hydrogens (tertiary/aromatic N) is 1. The van der Waals surface area contributed by atoms with Crippen LogP contribution in [0.15, 0.2) is 0 Å². The van der Waals surface area contributed by atoms with Crippen molar-refractivity contribution in [3.63, 3.8) is 0 Å². The summed E-state index contributed by atoms with van der Waals surface area (Å²) in [7, 11) is -0.286. The molecular weight excluding hydrogens is 312 g/mol. The van der Waals surface area contributed by atoms with Gasteiger partial charge in [-0.25, -0.2) is 4.21 Å². The molecule has 1 atom stereocenters. The summed E-state index contributed by atoms with van der Waals surface area (Å²) in [5.74, 6) is -0.129. The molecule has 1 fully saturated rings. The third-order valence-electron chi connectivity index (χ3n) is 3.39. The van der Waals surface area contributed by atoms with Crippen molar-refractivity contribution in [3.8, 4) is 0 Å². The molecule has 1 saturated heterocycles. The number of carbonyl (C=O) groups excluding carboxylic acids is 1. The molecule has 1 aliphatic heterocycles. The van der Waals surface area contributed by atoms with Gasteiger partial charge in [-0.1, -0.05) is 37.5 Å². The summed E-state index contributed by atoms with van der Waals surface area (Å²) < 4.78 is 13.4. The molecule has 8 heteroatoms. The Kier molecular flexibility index (Phi) is 5.31. The first kappa shape index (κ1) is 15.7. The van der Waals surface area contributed by atoms with Crippen LogP contribution in [0.5, 0.6) is 0 Å². The number of hydrogen-bond donors (Lipinski definition) is 0. The van der Waals surface area contributed by atoms with E-state index < -0.39 is 20.6 Å². The van der Waals surface area contributed by atoms with Gasteiger partial charge in [0.15, 0.2) is 4.90 Å². The van der Waals surface area contributed by atoms with E-state index >= 15 is 0 Å². The molecule has 0 N–H and O–H groups in total. The maximum atomic E-state index is 12.6. The molecule has 0 aromatic heterocycles. The quantitative estimate of drug-likeness (QED) is 0.728. The molecule has 3 nitrogen and oxygen atoms in total. The Labute approximate surface area is 118 Å². The van der Waals surface area contributed by atoms with Crippen molar-refractivity contribution in [2.75, 3.05) is 6.54 Å². The third-order valence-corrected chi connectivity index (χ3v) is 10.9. The molecule has 1 rings (SSSR count). The first-order chi connectivity index (χ1) is 8.01. The zero-order valence-corrected chi connectivity index (χ0v) is 14.2. The summed E-state index contributed by atoms with van der Waals surface area (Å²) in [6.45, 7) is 6.21. The van der Waals surface area contributed by atoms with Crippen LogP contribution >= 0.6 is 14.7 Å². The van der Waals surface area contributed by atoms with E-state index in [4.69, 9.17) is 23.6 Å². The van der Waals surface area contributed by atoms with Crippen LogP contribution in [0.4, 0.5) is 0 Å². The number of hydrogen-bond acceptors (Lipinski definition) is 4. The van der Waals surface area contributed by atoms with E-state index in [1.54, 1.807) is 0 Å². The highest BCUT2D eigenvalue weighted by Crippen LogP contribution is 2.57. The average molecular weight is 327 g/mol. The van der Waals surface area contributed by atoms with Crippen molar-refractivity contribution in [1.29, 1.82) is 0 Å². The van der Waals surface area contributed by atoms with Gasteiger partial charge in [0.1, 0.15) is 11.0 Å². The van der Waals surface area contributed by atoms with Crippen LogP contribution in [0.2, 0.25) is 0 Å². The van der Waals surface area contributed by atoms with E-state index in [1.165, 1.54) is 4.31 Å². The third kappa shape index (κ3) is 1.88. The first-order valence-electron chi connectivity index (χ1n) is 5.44. The summed E-state index contributed by atoms with van der Waals surface area (Å²) >= 11 is 10.3. The first-order valence-corrected chi connectivity index (χ1v) is 10.4. The Morgan fingerprint density at radius 3 is 1.94 bits per heavy atom. The van der Waals surface area contributed by atoms with Gasteiger partial charge in [0.25, 0.3) is 5.91 Å². The molecular formula is C9H15NO2P2S3. The van der Waals surface area contributed by atoms with Crippen LogP contribution in [-0.2, 0) is 39.4 Å². The Bertz CT molecular complexity index is 376. The average Bonchev–Trinajstić information content (AvgIpc) is 2.54. The predicted octanol–water partition coefficient (Wildman–Crippen LogP) is 2.58. The molecule has 0 saturated carbocycles. The van der Waals surface area contributed by atoms with Crippen molar-refractivity contribution in [1.82, 2.24) is 4.31 Å². The summed E-state index contributed by atoms with van der Waals surface area (Å²) in [5.41, 5.74) is 0. The second-order valence-electron chi connectivity index (χ2n) is 3.81. The van der Waals surface area contributed by atoms with Gasteiger partial charge in [-0.05, 0) is 19.8 Å². The second kappa shape index (κ2) is 5.75. The summed E-state index contributed by atoms with van der Waals surface area (Å²) in [5, 5.41) is 0. The molecule has 0 aromatic rings. The van der Waals surface area contributed by atoms with Crippen molar-refractivity contribution < 1.29 is 9.00 Å². The van der Waals surface area contributed by atoms with Crippen LogP contribution in [0.1, 0.15) is 33.6 Å². The molecule has 0 spiro atoms. The molecule has 1 heterocycles. The van der Waals surface area contributed by atoms with E-state index in [0.29, 0.717) is 34.1 Å². The van der Waals surface area contributed by atoms with E-state index in [1.807, 2.05) is 20.8 Å². The van der Waals surface area contributed by atoms with Gasteiger partial charge < -0.3 is 0 Å². The maximum absolute atomic E-state index is 12.6. The van der Waals surface area contributed by atoms with Crippen LogP contribution in [0.3, 0.4) is 0 Å². The fourth-order valence-corrected chi connectivity index (χ4v) is 9.49. The summed E-state index contributed by atoms with van der Waals surface area (Å²) in [6.07, 6.45) is 1.32. The molecule has 0 aliphatic carbocycles. The Morgan fingerprint density at radius 2 is 1.71 bits per heavy atom. The van der Waals surface area contributed by atoms with Gasteiger partial charge in [0.05, 0.1) is 4.75 Å². The smallest absolute Gasteiger partial charge is 0.260 e. The lowest BCUT2D eigenvalue weighted by Gasteiger charge is -2.33. The normalized spacial score (nSPS) is 32.5. The zero-order valence-electron chi connectivity index (χ0n) is 10.0. The second-order valence-corrected chi connectivity index (χ2v) is 8.68. The molecule has 0 bridgehead atoms. The Morgan fingerprint density at radius 1 is 1.24 bits per heavy atom. The highest BCUT2D eigenvalue weighted by molar-refractivity contribution is 8.07. The molecule has 1 unspecified atom stereocenters. The van der Waals surface area contributed by atoms with E-state index in [0.717, 1.165) is 0 Å². The fraction of sp³-hybridized carbons (Fsp3) is 0.889. The Balaban J connectivity index is 3.53. The minimum atomic E-state index is -1.32. The molecule has 1 aliphatic rings. The number of rotatable bonds is 5. The molecule has 0 radical (unpaired) electrons. The fourth-order valence-electron chi connectivity index (χ4n) is 2.29. The number of carbonyl (C=O) groups is 1. The van der Waals surface area contributed by atoms with E-state index in [9.17, 15) is 9.00 Å². The standard InChI is InChI=1S/C9H15NO2P2S3/c1-4-8(5-2)9(13-15,14-16)7(11)10(6-3)17(8)12/h4-6H2,1-3H3. The number of amides is 1. The molecule has 1 amide bonds. The van der Waals surface area contributed by atoms with Crippen LogP contribution in [0, 0.1) is 0 Å². The monoisotopic (exact) mass is 327 g/mol. The van der Waals surface area contributed by atoms with Crippen molar-refractivity contribution >= 4 is 55.2 Å². The van der Waals surface area contributed by atoms with Gasteiger partial charge in [-0.15, -0.1) is 0 Å².